The molecule has 4 rings (SSSR count). The van der Waals surface area contributed by atoms with Crippen molar-refractivity contribution >= 4 is 49.1 Å². The van der Waals surface area contributed by atoms with E-state index in [1.54, 1.807) is 16.7 Å². The number of sulfonamides is 1. The van der Waals surface area contributed by atoms with Crippen molar-refractivity contribution in [2.45, 2.75) is 31.2 Å². The number of carbonyl (C=O) groups is 1. The van der Waals surface area contributed by atoms with Crippen molar-refractivity contribution in [1.82, 2.24) is 8.87 Å². The number of hydrogen-bond acceptors (Lipinski definition) is 4. The van der Waals surface area contributed by atoms with E-state index in [0.717, 1.165) is 23.1 Å². The second-order valence-corrected chi connectivity index (χ2v) is 11.2. The third-order valence-corrected chi connectivity index (χ3v) is 8.76. The molecule has 1 aliphatic heterocycles. The number of aromatic nitrogens is 1. The molecule has 0 saturated carbocycles. The van der Waals surface area contributed by atoms with Crippen molar-refractivity contribution in [1.29, 1.82) is 0 Å². The molecule has 166 valence electrons. The van der Waals surface area contributed by atoms with Crippen LogP contribution in [-0.2, 0) is 16.6 Å². The minimum absolute atomic E-state index is 0.183. The lowest BCUT2D eigenvalue weighted by Gasteiger charge is -2.29. The third kappa shape index (κ3) is 4.52. The lowest BCUT2D eigenvalue weighted by Crippen LogP contribution is -2.37. The number of terminal acetylenes is 1. The van der Waals surface area contributed by atoms with Crippen LogP contribution in [0.15, 0.2) is 52.4 Å². The molecule has 2 heterocycles. The minimum Gasteiger partial charge on any atom is -0.305 e. The SMILES string of the molecule is C#CCn1c(=NC(=O)c2ccc(S(=O)(=O)N3CCC(C)CC3)cc2)sc2cc(Cl)ccc21. The summed E-state index contributed by atoms with van der Waals surface area (Å²) >= 11 is 7.40. The molecule has 2 aromatic carbocycles. The van der Waals surface area contributed by atoms with Crippen molar-refractivity contribution < 1.29 is 13.2 Å². The monoisotopic (exact) mass is 487 g/mol. The fraction of sp³-hybridized carbons (Fsp3) is 0.304. The second kappa shape index (κ2) is 9.20. The highest BCUT2D eigenvalue weighted by molar-refractivity contribution is 7.89. The summed E-state index contributed by atoms with van der Waals surface area (Å²) in [6, 6.07) is 11.3. The molecule has 0 unspecified atom stereocenters. The molecule has 1 amide bonds. The molecule has 0 N–H and O–H groups in total. The smallest absolute Gasteiger partial charge is 0.279 e. The van der Waals surface area contributed by atoms with Crippen LogP contribution >= 0.6 is 22.9 Å². The average molecular weight is 488 g/mol. The first-order valence-electron chi connectivity index (χ1n) is 10.2. The Hall–Kier alpha value is -2.44. The Morgan fingerprint density at radius 1 is 1.22 bits per heavy atom. The predicted molar refractivity (Wildman–Crippen MR) is 127 cm³/mol. The molecule has 1 fully saturated rings. The maximum atomic E-state index is 12.9. The number of halogens is 1. The van der Waals surface area contributed by atoms with Crippen molar-refractivity contribution in [3.63, 3.8) is 0 Å². The lowest BCUT2D eigenvalue weighted by atomic mass is 10.0. The molecular formula is C23H22ClN3O3S2. The van der Waals surface area contributed by atoms with Gasteiger partial charge in [0.15, 0.2) is 4.80 Å². The minimum atomic E-state index is -3.57. The number of hydrogen-bond donors (Lipinski definition) is 0. The number of amides is 1. The fourth-order valence-electron chi connectivity index (χ4n) is 3.67. The number of thiazole rings is 1. The molecule has 6 nitrogen and oxygen atoms in total. The Bertz CT molecular complexity index is 1370. The van der Waals surface area contributed by atoms with E-state index in [4.69, 9.17) is 18.0 Å². The molecule has 1 aliphatic rings. The number of nitrogens with zero attached hydrogens (tertiary/aromatic N) is 3. The van der Waals surface area contributed by atoms with Crippen LogP contribution in [0.1, 0.15) is 30.1 Å². The summed E-state index contributed by atoms with van der Waals surface area (Å²) in [7, 11) is -3.57. The maximum absolute atomic E-state index is 12.9. The van der Waals surface area contributed by atoms with Gasteiger partial charge in [-0.05, 0) is 61.2 Å². The van der Waals surface area contributed by atoms with Gasteiger partial charge < -0.3 is 4.57 Å². The van der Waals surface area contributed by atoms with Gasteiger partial charge in [0.2, 0.25) is 10.0 Å². The topological polar surface area (TPSA) is 71.7 Å². The van der Waals surface area contributed by atoms with Crippen LogP contribution in [0.25, 0.3) is 10.2 Å². The van der Waals surface area contributed by atoms with Gasteiger partial charge >= 0.3 is 0 Å². The van der Waals surface area contributed by atoms with Crippen LogP contribution in [0.2, 0.25) is 5.02 Å². The summed E-state index contributed by atoms with van der Waals surface area (Å²) in [5.74, 6) is 2.65. The summed E-state index contributed by atoms with van der Waals surface area (Å²) in [5, 5.41) is 0.587. The maximum Gasteiger partial charge on any atom is 0.279 e. The normalized spacial score (nSPS) is 16.3. The molecule has 0 bridgehead atoms. The second-order valence-electron chi connectivity index (χ2n) is 7.81. The van der Waals surface area contributed by atoms with Crippen LogP contribution in [-0.4, -0.2) is 36.3 Å². The summed E-state index contributed by atoms with van der Waals surface area (Å²) < 4.78 is 30.0. The molecule has 0 radical (unpaired) electrons. The summed E-state index contributed by atoms with van der Waals surface area (Å²) in [4.78, 5) is 17.7. The van der Waals surface area contributed by atoms with Crippen molar-refractivity contribution in [2.75, 3.05) is 13.1 Å². The molecule has 1 saturated heterocycles. The van der Waals surface area contributed by atoms with Gasteiger partial charge in [-0.3, -0.25) is 4.79 Å². The van der Waals surface area contributed by atoms with E-state index in [1.807, 2.05) is 6.07 Å². The van der Waals surface area contributed by atoms with Crippen LogP contribution in [0, 0.1) is 18.3 Å². The average Bonchev–Trinajstić information content (AvgIpc) is 3.10. The van der Waals surface area contributed by atoms with E-state index in [-0.39, 0.29) is 11.4 Å². The molecule has 0 spiro atoms. The molecular weight excluding hydrogens is 466 g/mol. The Morgan fingerprint density at radius 2 is 1.91 bits per heavy atom. The van der Waals surface area contributed by atoms with Gasteiger partial charge in [0.1, 0.15) is 0 Å². The highest BCUT2D eigenvalue weighted by Gasteiger charge is 2.28. The molecule has 1 aromatic heterocycles. The van der Waals surface area contributed by atoms with E-state index in [2.05, 4.69) is 17.8 Å². The first kappa shape index (κ1) is 22.7. The van der Waals surface area contributed by atoms with Gasteiger partial charge in [-0.2, -0.15) is 9.30 Å². The summed E-state index contributed by atoms with van der Waals surface area (Å²) in [5.41, 5.74) is 1.15. The quantitative estimate of drug-likeness (QED) is 0.519. The Kier molecular flexibility index (Phi) is 6.54. The van der Waals surface area contributed by atoms with Crippen LogP contribution in [0.4, 0.5) is 0 Å². The molecule has 0 aliphatic carbocycles. The van der Waals surface area contributed by atoms with E-state index >= 15 is 0 Å². The van der Waals surface area contributed by atoms with Crippen LogP contribution in [0.3, 0.4) is 0 Å². The third-order valence-electron chi connectivity index (χ3n) is 5.57. The van der Waals surface area contributed by atoms with Crippen LogP contribution < -0.4 is 4.80 Å². The molecule has 9 heteroatoms. The Balaban J connectivity index is 1.63. The predicted octanol–water partition coefficient (Wildman–Crippen LogP) is 4.15. The van der Waals surface area contributed by atoms with E-state index in [1.165, 1.54) is 39.9 Å². The number of piperidine rings is 1. The zero-order valence-corrected chi connectivity index (χ0v) is 19.9. The molecule has 3 aromatic rings. The molecule has 32 heavy (non-hydrogen) atoms. The number of carbonyl (C=O) groups excluding carboxylic acids is 1. The number of rotatable bonds is 4. The largest absolute Gasteiger partial charge is 0.305 e. The number of fused-ring (bicyclic) bond motifs is 1. The van der Waals surface area contributed by atoms with Gasteiger partial charge in [0.05, 0.1) is 21.7 Å². The zero-order chi connectivity index (χ0) is 22.9. The highest BCUT2D eigenvalue weighted by atomic mass is 35.5. The van der Waals surface area contributed by atoms with Crippen molar-refractivity contribution in [3.05, 3.63) is 57.9 Å². The first-order chi connectivity index (χ1) is 15.3. The lowest BCUT2D eigenvalue weighted by molar-refractivity contribution is 0.0998. The van der Waals surface area contributed by atoms with Gasteiger partial charge in [-0.25, -0.2) is 8.42 Å². The Labute approximate surface area is 196 Å². The van der Waals surface area contributed by atoms with Gasteiger partial charge in [0, 0.05) is 23.7 Å². The highest BCUT2D eigenvalue weighted by Crippen LogP contribution is 2.24. The molecule has 0 atom stereocenters. The van der Waals surface area contributed by atoms with Crippen LogP contribution in [0.5, 0.6) is 0 Å². The van der Waals surface area contributed by atoms with Crippen molar-refractivity contribution in [2.24, 2.45) is 10.9 Å². The van der Waals surface area contributed by atoms with E-state index < -0.39 is 15.9 Å². The summed E-state index contributed by atoms with van der Waals surface area (Å²) in [6.45, 7) is 3.43. The van der Waals surface area contributed by atoms with Crippen molar-refractivity contribution in [3.8, 4) is 12.3 Å². The zero-order valence-electron chi connectivity index (χ0n) is 17.5. The number of benzene rings is 2. The standard InChI is InChI=1S/C23H22ClN3O3S2/c1-3-12-27-20-9-6-18(24)15-21(20)31-23(27)25-22(28)17-4-7-19(8-5-17)32(29,30)26-13-10-16(2)11-14-26/h1,4-9,15-16H,10-14H2,2H3. The first-order valence-corrected chi connectivity index (χ1v) is 12.8. The van der Waals surface area contributed by atoms with E-state index in [9.17, 15) is 13.2 Å². The van der Waals surface area contributed by atoms with Gasteiger partial charge in [0.25, 0.3) is 5.91 Å². The Morgan fingerprint density at radius 3 is 2.56 bits per heavy atom. The van der Waals surface area contributed by atoms with E-state index in [0.29, 0.717) is 34.4 Å². The van der Waals surface area contributed by atoms with Gasteiger partial charge in [-0.1, -0.05) is 35.8 Å². The van der Waals surface area contributed by atoms with Gasteiger partial charge in [-0.15, -0.1) is 6.42 Å². The summed E-state index contributed by atoms with van der Waals surface area (Å²) in [6.07, 6.45) is 7.21. The fourth-order valence-corrected chi connectivity index (χ4v) is 6.45.